The highest BCUT2D eigenvalue weighted by Crippen LogP contribution is 2.12. The van der Waals surface area contributed by atoms with Crippen LogP contribution in [0.1, 0.15) is 33.6 Å². The van der Waals surface area contributed by atoms with Crippen molar-refractivity contribution in [3.05, 3.63) is 0 Å². The number of hydrogen-bond acceptors (Lipinski definition) is 3. The smallest absolute Gasteiger partial charge is 0.0702 e. The summed E-state index contributed by atoms with van der Waals surface area (Å²) in [5.74, 6) is 0. The van der Waals surface area contributed by atoms with Gasteiger partial charge in [-0.15, -0.1) is 0 Å². The first kappa shape index (κ1) is 12.9. The van der Waals surface area contributed by atoms with E-state index in [1.807, 2.05) is 0 Å². The van der Waals surface area contributed by atoms with E-state index in [1.165, 1.54) is 19.4 Å². The Morgan fingerprint density at radius 1 is 1.47 bits per heavy atom. The maximum Gasteiger partial charge on any atom is 0.0702 e. The molecule has 0 spiro atoms. The van der Waals surface area contributed by atoms with Gasteiger partial charge in [-0.25, -0.2) is 0 Å². The first-order valence-electron chi connectivity index (χ1n) is 6.29. The third kappa shape index (κ3) is 5.50. The Morgan fingerprint density at radius 2 is 2.27 bits per heavy atom. The van der Waals surface area contributed by atoms with Crippen LogP contribution in [-0.2, 0) is 4.74 Å². The van der Waals surface area contributed by atoms with E-state index in [9.17, 15) is 0 Å². The number of ether oxygens (including phenoxy) is 1. The Labute approximate surface area is 94.2 Å². The van der Waals surface area contributed by atoms with Gasteiger partial charge >= 0.3 is 0 Å². The Hall–Kier alpha value is -0.120. The molecule has 1 aliphatic rings. The van der Waals surface area contributed by atoms with E-state index in [-0.39, 0.29) is 0 Å². The van der Waals surface area contributed by atoms with Crippen LogP contribution in [0.2, 0.25) is 0 Å². The van der Waals surface area contributed by atoms with Crippen LogP contribution in [0, 0.1) is 0 Å². The summed E-state index contributed by atoms with van der Waals surface area (Å²) >= 11 is 0. The van der Waals surface area contributed by atoms with Crippen molar-refractivity contribution in [3.63, 3.8) is 0 Å². The summed E-state index contributed by atoms with van der Waals surface area (Å²) in [5, 5.41) is 3.46. The van der Waals surface area contributed by atoms with Crippen molar-refractivity contribution in [2.75, 3.05) is 32.8 Å². The van der Waals surface area contributed by atoms with Crippen molar-refractivity contribution in [2.45, 2.75) is 45.8 Å². The highest BCUT2D eigenvalue weighted by Gasteiger charge is 2.19. The molecule has 90 valence electrons. The van der Waals surface area contributed by atoms with Crippen LogP contribution >= 0.6 is 0 Å². The van der Waals surface area contributed by atoms with E-state index in [0.717, 1.165) is 26.2 Å². The minimum Gasteiger partial charge on any atom is -0.377 e. The topological polar surface area (TPSA) is 24.5 Å². The fourth-order valence-electron chi connectivity index (χ4n) is 2.10. The van der Waals surface area contributed by atoms with Crippen molar-refractivity contribution in [2.24, 2.45) is 0 Å². The summed E-state index contributed by atoms with van der Waals surface area (Å²) in [6.07, 6.45) is 3.00. The monoisotopic (exact) mass is 214 g/mol. The van der Waals surface area contributed by atoms with Crippen molar-refractivity contribution >= 4 is 0 Å². The van der Waals surface area contributed by atoms with Crippen molar-refractivity contribution in [3.8, 4) is 0 Å². The van der Waals surface area contributed by atoms with Crippen LogP contribution in [0.3, 0.4) is 0 Å². The molecule has 3 heteroatoms. The Bertz CT molecular complexity index is 160. The molecule has 1 unspecified atom stereocenters. The number of rotatable bonds is 6. The largest absolute Gasteiger partial charge is 0.377 e. The molecule has 1 rings (SSSR count). The number of likely N-dealkylation sites (tertiary alicyclic amines) is 1. The average Bonchev–Trinajstić information content (AvgIpc) is 2.18. The lowest BCUT2D eigenvalue weighted by Crippen LogP contribution is -2.43. The third-order valence-corrected chi connectivity index (χ3v) is 2.85. The number of nitrogens with one attached hydrogen (secondary N) is 1. The lowest BCUT2D eigenvalue weighted by molar-refractivity contribution is 0.00627. The fourth-order valence-corrected chi connectivity index (χ4v) is 2.10. The van der Waals surface area contributed by atoms with Crippen LogP contribution in [0.4, 0.5) is 0 Å². The first-order valence-corrected chi connectivity index (χ1v) is 6.29. The normalized spacial score (nSPS) is 23.6. The van der Waals surface area contributed by atoms with Crippen LogP contribution in [0.5, 0.6) is 0 Å². The maximum absolute atomic E-state index is 5.68. The van der Waals surface area contributed by atoms with E-state index in [4.69, 9.17) is 4.74 Å². The van der Waals surface area contributed by atoms with Crippen LogP contribution < -0.4 is 5.32 Å². The summed E-state index contributed by atoms with van der Waals surface area (Å²) in [6.45, 7) is 11.9. The molecule has 1 heterocycles. The summed E-state index contributed by atoms with van der Waals surface area (Å²) in [6, 6.07) is 0.595. The van der Waals surface area contributed by atoms with E-state index >= 15 is 0 Å². The second kappa shape index (κ2) is 7.20. The maximum atomic E-state index is 5.68. The van der Waals surface area contributed by atoms with Gasteiger partial charge in [-0.05, 0) is 26.3 Å². The Kier molecular flexibility index (Phi) is 6.22. The van der Waals surface area contributed by atoms with Gasteiger partial charge in [0.2, 0.25) is 0 Å². The van der Waals surface area contributed by atoms with Crippen LogP contribution in [0.25, 0.3) is 0 Å². The fraction of sp³-hybridized carbons (Fsp3) is 1.00. The van der Waals surface area contributed by atoms with Crippen LogP contribution in [-0.4, -0.2) is 49.8 Å². The van der Waals surface area contributed by atoms with Crippen LogP contribution in [0.15, 0.2) is 0 Å². The molecular weight excluding hydrogens is 188 g/mol. The predicted octanol–water partition coefficient (Wildman–Crippen LogP) is 1.49. The Morgan fingerprint density at radius 3 is 2.93 bits per heavy atom. The molecule has 0 saturated carbocycles. The lowest BCUT2D eigenvalue weighted by atomic mass is 10.1. The van der Waals surface area contributed by atoms with E-state index in [1.54, 1.807) is 0 Å². The molecular formula is C12H26N2O. The predicted molar refractivity (Wildman–Crippen MR) is 64.2 cm³/mol. The van der Waals surface area contributed by atoms with Gasteiger partial charge in [-0.1, -0.05) is 13.8 Å². The zero-order valence-electron chi connectivity index (χ0n) is 10.5. The van der Waals surface area contributed by atoms with Gasteiger partial charge in [0.15, 0.2) is 0 Å². The molecule has 0 radical (unpaired) electrons. The van der Waals surface area contributed by atoms with Gasteiger partial charge in [-0.2, -0.15) is 0 Å². The molecule has 3 nitrogen and oxygen atoms in total. The molecule has 1 N–H and O–H groups in total. The van der Waals surface area contributed by atoms with Gasteiger partial charge in [0, 0.05) is 32.3 Å². The second-order valence-electron chi connectivity index (χ2n) is 4.63. The summed E-state index contributed by atoms with van der Waals surface area (Å²) in [5.41, 5.74) is 0. The SMILES string of the molecule is CCOC1CCCN(CCNC(C)C)C1. The quantitative estimate of drug-likeness (QED) is 0.725. The van der Waals surface area contributed by atoms with Gasteiger partial charge in [0.25, 0.3) is 0 Å². The summed E-state index contributed by atoms with van der Waals surface area (Å²) < 4.78 is 5.68. The standard InChI is InChI=1S/C12H26N2O/c1-4-15-12-6-5-8-14(10-12)9-7-13-11(2)3/h11-13H,4-10H2,1-3H3. The number of piperidine rings is 1. The number of hydrogen-bond donors (Lipinski definition) is 1. The molecule has 1 aliphatic heterocycles. The average molecular weight is 214 g/mol. The Balaban J connectivity index is 2.12. The first-order chi connectivity index (χ1) is 7.22. The second-order valence-corrected chi connectivity index (χ2v) is 4.63. The minimum absolute atomic E-state index is 0.475. The molecule has 0 aromatic heterocycles. The highest BCUT2D eigenvalue weighted by atomic mass is 16.5. The third-order valence-electron chi connectivity index (χ3n) is 2.85. The molecule has 1 atom stereocenters. The van der Waals surface area contributed by atoms with E-state index < -0.39 is 0 Å². The van der Waals surface area contributed by atoms with Gasteiger partial charge in [0.05, 0.1) is 6.10 Å². The molecule has 0 aromatic carbocycles. The van der Waals surface area contributed by atoms with Gasteiger partial charge in [0.1, 0.15) is 0 Å². The highest BCUT2D eigenvalue weighted by molar-refractivity contribution is 4.73. The van der Waals surface area contributed by atoms with Crippen molar-refractivity contribution < 1.29 is 4.74 Å². The molecule has 15 heavy (non-hydrogen) atoms. The molecule has 0 bridgehead atoms. The minimum atomic E-state index is 0.475. The van der Waals surface area contributed by atoms with E-state index in [2.05, 4.69) is 31.0 Å². The van der Waals surface area contributed by atoms with Crippen molar-refractivity contribution in [1.29, 1.82) is 0 Å². The van der Waals surface area contributed by atoms with Crippen molar-refractivity contribution in [1.82, 2.24) is 10.2 Å². The molecule has 1 fully saturated rings. The van der Waals surface area contributed by atoms with Gasteiger partial charge in [-0.3, -0.25) is 4.90 Å². The summed E-state index contributed by atoms with van der Waals surface area (Å²) in [7, 11) is 0. The zero-order chi connectivity index (χ0) is 11.1. The molecule has 0 aromatic rings. The summed E-state index contributed by atoms with van der Waals surface area (Å²) in [4.78, 5) is 2.51. The zero-order valence-corrected chi connectivity index (χ0v) is 10.5. The lowest BCUT2D eigenvalue weighted by Gasteiger charge is -2.32. The molecule has 0 amide bonds. The van der Waals surface area contributed by atoms with E-state index in [0.29, 0.717) is 12.1 Å². The molecule has 1 saturated heterocycles. The number of nitrogens with zero attached hydrogens (tertiary/aromatic N) is 1. The molecule has 0 aliphatic carbocycles. The van der Waals surface area contributed by atoms with Gasteiger partial charge < -0.3 is 10.1 Å².